The van der Waals surface area contributed by atoms with E-state index in [0.29, 0.717) is 11.5 Å². The van der Waals surface area contributed by atoms with Gasteiger partial charge in [-0.25, -0.2) is 4.98 Å². The van der Waals surface area contributed by atoms with Crippen molar-refractivity contribution in [3.63, 3.8) is 0 Å². The molecule has 0 amide bonds. The number of hydrogen-bond acceptors (Lipinski definition) is 4. The Hall–Kier alpha value is -5.64. The minimum absolute atomic E-state index is 0. The van der Waals surface area contributed by atoms with Gasteiger partial charge in [-0.1, -0.05) is 128 Å². The third kappa shape index (κ3) is 7.77. The number of ether oxygens (including phenoxy) is 1. The Bertz CT molecular complexity index is 2810. The Kier molecular flexibility index (Phi) is 11.4. The fourth-order valence-electron chi connectivity index (χ4n) is 8.02. The van der Waals surface area contributed by atoms with E-state index in [9.17, 15) is 0 Å². The number of para-hydroxylation sites is 1. The molecule has 0 bridgehead atoms. The van der Waals surface area contributed by atoms with Crippen LogP contribution in [0.5, 0.6) is 11.5 Å². The standard InChI is InChI=1S/C53H49N4O.CH3.Pt/c1-51(2,3)37-18-14-19-40(30-37)56-35-55(47-27-24-39(31-49(47)56)53(7,8)36-16-10-9-11-17-36)41-20-15-21-42(33-41)58-43-25-26-45-44-22-12-13-23-46(44)57(48(45)34-43)50-32-38(28-29-54-50)52(4,5)6;;/h9-32,35H,1-8H3;1H3;/q-3;-1;+4. The quantitative estimate of drug-likeness (QED) is 0.149. The van der Waals surface area contributed by atoms with Crippen molar-refractivity contribution in [3.05, 3.63) is 194 Å². The predicted molar refractivity (Wildman–Crippen MR) is 247 cm³/mol. The Balaban J connectivity index is 0.00000272. The van der Waals surface area contributed by atoms with Crippen LogP contribution < -0.4 is 14.5 Å². The van der Waals surface area contributed by atoms with Gasteiger partial charge in [0.2, 0.25) is 0 Å². The summed E-state index contributed by atoms with van der Waals surface area (Å²) in [5.41, 5.74) is 11.0. The van der Waals surface area contributed by atoms with E-state index in [-0.39, 0.29) is 44.7 Å². The molecule has 5 nitrogen and oxygen atoms in total. The van der Waals surface area contributed by atoms with Crippen molar-refractivity contribution < 1.29 is 25.8 Å². The number of pyridine rings is 1. The van der Waals surface area contributed by atoms with Crippen molar-refractivity contribution >= 4 is 44.6 Å². The molecule has 0 spiro atoms. The molecule has 0 radical (unpaired) electrons. The Morgan fingerprint density at radius 1 is 0.550 bits per heavy atom. The van der Waals surface area contributed by atoms with Gasteiger partial charge in [0, 0.05) is 45.7 Å². The molecule has 0 saturated carbocycles. The first-order valence-electron chi connectivity index (χ1n) is 20.1. The maximum atomic E-state index is 6.62. The molecule has 0 unspecified atom stereocenters. The number of rotatable bonds is 7. The first-order valence-corrected chi connectivity index (χ1v) is 20.1. The maximum Gasteiger partial charge on any atom is 4.00 e. The van der Waals surface area contributed by atoms with Crippen LogP contribution in [0.1, 0.15) is 77.6 Å². The van der Waals surface area contributed by atoms with E-state index in [0.717, 1.165) is 50.4 Å². The molecule has 2 aromatic heterocycles. The molecule has 0 saturated heterocycles. The summed E-state index contributed by atoms with van der Waals surface area (Å²) >= 11 is 0. The molecule has 1 aliphatic heterocycles. The zero-order valence-corrected chi connectivity index (χ0v) is 38.2. The Morgan fingerprint density at radius 3 is 2.00 bits per heavy atom. The molecule has 60 heavy (non-hydrogen) atoms. The average molecular weight is 968 g/mol. The first kappa shape index (κ1) is 42.5. The Labute approximate surface area is 370 Å². The van der Waals surface area contributed by atoms with Crippen molar-refractivity contribution in [1.82, 2.24) is 9.55 Å². The largest absolute Gasteiger partial charge is 4.00 e. The van der Waals surface area contributed by atoms with Gasteiger partial charge in [-0.2, -0.15) is 12.1 Å². The van der Waals surface area contributed by atoms with Crippen LogP contribution in [0, 0.1) is 26.2 Å². The SMILES string of the molecule is CC(C)(C)c1cccc(N2[CH-]N(c3[c-]c(Oc4[c-]c5c(cc4)c4ccccc4n5-c4cc(C(C)(C)C)ccn4)ccc3)c3ccc(C(C)(C)c4ccccc4)cc32)c1.[CH3-].[Pt+4]. The van der Waals surface area contributed by atoms with Crippen molar-refractivity contribution in [2.45, 2.75) is 71.6 Å². The van der Waals surface area contributed by atoms with Crippen LogP contribution in [-0.4, -0.2) is 9.55 Å². The van der Waals surface area contributed by atoms with Crippen molar-refractivity contribution in [2.75, 3.05) is 9.80 Å². The number of anilines is 4. The van der Waals surface area contributed by atoms with E-state index in [1.807, 2.05) is 24.4 Å². The second-order valence-electron chi connectivity index (χ2n) is 17.9. The summed E-state index contributed by atoms with van der Waals surface area (Å²) in [6.07, 6.45) is 1.90. The summed E-state index contributed by atoms with van der Waals surface area (Å²) in [6.45, 7) is 20.2. The minimum Gasteiger partial charge on any atom is -0.509 e. The normalized spacial score (nSPS) is 12.9. The zero-order valence-electron chi connectivity index (χ0n) is 35.9. The molecule has 6 aromatic carbocycles. The average Bonchev–Trinajstić information content (AvgIpc) is 3.76. The molecule has 3 heterocycles. The van der Waals surface area contributed by atoms with Gasteiger partial charge in [-0.05, 0) is 80.9 Å². The van der Waals surface area contributed by atoms with Crippen LogP contribution in [0.2, 0.25) is 0 Å². The molecule has 0 N–H and O–H groups in total. The first-order chi connectivity index (χ1) is 27.8. The molecule has 8 aromatic rings. The fourth-order valence-corrected chi connectivity index (χ4v) is 8.02. The van der Waals surface area contributed by atoms with E-state index >= 15 is 0 Å². The van der Waals surface area contributed by atoms with Crippen LogP contribution in [0.15, 0.2) is 146 Å². The van der Waals surface area contributed by atoms with E-state index < -0.39 is 0 Å². The number of fused-ring (bicyclic) bond motifs is 4. The van der Waals surface area contributed by atoms with Gasteiger partial charge in [0.1, 0.15) is 5.82 Å². The van der Waals surface area contributed by atoms with Crippen LogP contribution in [-0.2, 0) is 37.3 Å². The van der Waals surface area contributed by atoms with E-state index in [4.69, 9.17) is 9.72 Å². The van der Waals surface area contributed by atoms with Gasteiger partial charge >= 0.3 is 21.1 Å². The summed E-state index contributed by atoms with van der Waals surface area (Å²) in [5, 5.41) is 2.24. The van der Waals surface area contributed by atoms with Crippen molar-refractivity contribution in [3.8, 4) is 17.3 Å². The Morgan fingerprint density at radius 2 is 1.23 bits per heavy atom. The summed E-state index contributed by atoms with van der Waals surface area (Å²) in [6, 6.07) is 56.6. The van der Waals surface area contributed by atoms with Gasteiger partial charge in [0.15, 0.2) is 0 Å². The summed E-state index contributed by atoms with van der Waals surface area (Å²) in [5.74, 6) is 2.07. The summed E-state index contributed by atoms with van der Waals surface area (Å²) in [7, 11) is 0. The van der Waals surface area contributed by atoms with Gasteiger partial charge in [0.05, 0.1) is 0 Å². The van der Waals surface area contributed by atoms with E-state index in [1.54, 1.807) is 0 Å². The molecule has 0 atom stereocenters. The zero-order chi connectivity index (χ0) is 40.4. The second-order valence-corrected chi connectivity index (χ2v) is 17.9. The van der Waals surface area contributed by atoms with Gasteiger partial charge in [-0.15, -0.1) is 48.1 Å². The van der Waals surface area contributed by atoms with E-state index in [1.165, 1.54) is 22.3 Å². The molecule has 1 aliphatic rings. The van der Waals surface area contributed by atoms with Crippen LogP contribution in [0.4, 0.5) is 22.7 Å². The van der Waals surface area contributed by atoms with Crippen LogP contribution in [0.25, 0.3) is 27.6 Å². The summed E-state index contributed by atoms with van der Waals surface area (Å²) < 4.78 is 8.81. The fraction of sp³-hybridized carbons (Fsp3) is 0.204. The molecule has 0 aliphatic carbocycles. The number of hydrogen-bond donors (Lipinski definition) is 0. The monoisotopic (exact) mass is 967 g/mol. The van der Waals surface area contributed by atoms with Crippen LogP contribution in [0.3, 0.4) is 0 Å². The third-order valence-corrected chi connectivity index (χ3v) is 11.6. The smallest absolute Gasteiger partial charge is 0.509 e. The minimum atomic E-state index is -0.197. The maximum absolute atomic E-state index is 6.62. The van der Waals surface area contributed by atoms with Crippen molar-refractivity contribution in [2.24, 2.45) is 0 Å². The van der Waals surface area contributed by atoms with Gasteiger partial charge < -0.3 is 26.5 Å². The topological polar surface area (TPSA) is 33.5 Å². The second kappa shape index (κ2) is 16.1. The molecule has 0 fully saturated rings. The van der Waals surface area contributed by atoms with Gasteiger partial charge in [0.25, 0.3) is 0 Å². The van der Waals surface area contributed by atoms with Gasteiger partial charge in [-0.3, -0.25) is 0 Å². The van der Waals surface area contributed by atoms with Crippen molar-refractivity contribution in [1.29, 1.82) is 0 Å². The predicted octanol–water partition coefficient (Wildman–Crippen LogP) is 14.3. The molecular formula is C54H52N4OPt. The molecular weight excluding hydrogens is 916 g/mol. The number of nitrogens with zero attached hydrogens (tertiary/aromatic N) is 4. The molecule has 304 valence electrons. The number of aromatic nitrogens is 2. The third-order valence-electron chi connectivity index (χ3n) is 11.6. The number of benzene rings is 6. The van der Waals surface area contributed by atoms with Crippen LogP contribution >= 0.6 is 0 Å². The van der Waals surface area contributed by atoms with E-state index in [2.05, 4.69) is 210 Å². The summed E-state index contributed by atoms with van der Waals surface area (Å²) in [4.78, 5) is 9.36. The molecule has 6 heteroatoms. The molecule has 9 rings (SSSR count).